The number of hydrogen-bond donors (Lipinski definition) is 1. The first-order valence-corrected chi connectivity index (χ1v) is 5.20. The third-order valence-corrected chi connectivity index (χ3v) is 2.67. The predicted molar refractivity (Wildman–Crippen MR) is 61.8 cm³/mol. The summed E-state index contributed by atoms with van der Waals surface area (Å²) in [4.78, 5) is 11.5. The van der Waals surface area contributed by atoms with Gasteiger partial charge in [-0.05, 0) is 30.7 Å². The average Bonchev–Trinajstić information content (AvgIpc) is 2.90. The summed E-state index contributed by atoms with van der Waals surface area (Å²) < 4.78 is 10.5. The van der Waals surface area contributed by atoms with Crippen molar-refractivity contribution in [1.29, 1.82) is 0 Å². The number of nitrogens with one attached hydrogen (secondary N) is 1. The SMILES string of the molecule is CC1=NNC(=O)/C1=C/c1ccc2c(c1)OCO2. The van der Waals surface area contributed by atoms with E-state index in [0.29, 0.717) is 17.0 Å². The van der Waals surface area contributed by atoms with Crippen molar-refractivity contribution in [3.8, 4) is 11.5 Å². The number of fused-ring (bicyclic) bond motifs is 1. The minimum absolute atomic E-state index is 0.180. The van der Waals surface area contributed by atoms with Gasteiger partial charge in [0.15, 0.2) is 11.5 Å². The molecule has 17 heavy (non-hydrogen) atoms. The Balaban J connectivity index is 1.98. The lowest BCUT2D eigenvalue weighted by Gasteiger charge is -1.99. The lowest BCUT2D eigenvalue weighted by molar-refractivity contribution is -0.116. The summed E-state index contributed by atoms with van der Waals surface area (Å²) in [7, 11) is 0. The van der Waals surface area contributed by atoms with E-state index < -0.39 is 0 Å². The zero-order chi connectivity index (χ0) is 11.8. The van der Waals surface area contributed by atoms with Gasteiger partial charge in [-0.3, -0.25) is 4.79 Å². The normalized spacial score (nSPS) is 19.5. The largest absolute Gasteiger partial charge is 0.454 e. The molecule has 0 fully saturated rings. The third-order valence-electron chi connectivity index (χ3n) is 2.67. The van der Waals surface area contributed by atoms with Gasteiger partial charge in [0.05, 0.1) is 11.3 Å². The number of benzene rings is 1. The fourth-order valence-corrected chi connectivity index (χ4v) is 1.76. The van der Waals surface area contributed by atoms with E-state index in [0.717, 1.165) is 11.3 Å². The summed E-state index contributed by atoms with van der Waals surface area (Å²) in [6.07, 6.45) is 1.78. The molecule has 0 saturated carbocycles. The molecule has 5 heteroatoms. The van der Waals surface area contributed by atoms with Crippen LogP contribution in [0.25, 0.3) is 6.08 Å². The minimum atomic E-state index is -0.180. The van der Waals surface area contributed by atoms with Crippen molar-refractivity contribution < 1.29 is 14.3 Å². The summed E-state index contributed by atoms with van der Waals surface area (Å²) in [5.74, 6) is 1.25. The molecule has 0 bridgehead atoms. The van der Waals surface area contributed by atoms with E-state index in [-0.39, 0.29) is 12.7 Å². The Bertz CT molecular complexity index is 561. The average molecular weight is 230 g/mol. The number of hydrazone groups is 1. The second-order valence-electron chi connectivity index (χ2n) is 3.81. The van der Waals surface area contributed by atoms with Crippen LogP contribution in [0, 0.1) is 0 Å². The van der Waals surface area contributed by atoms with Gasteiger partial charge in [-0.25, -0.2) is 5.43 Å². The van der Waals surface area contributed by atoms with Gasteiger partial charge in [-0.15, -0.1) is 0 Å². The third kappa shape index (κ3) is 1.65. The Morgan fingerprint density at radius 1 is 1.35 bits per heavy atom. The molecular formula is C12H10N2O3. The maximum Gasteiger partial charge on any atom is 0.273 e. The first-order valence-electron chi connectivity index (χ1n) is 5.20. The van der Waals surface area contributed by atoms with Crippen LogP contribution in [0.5, 0.6) is 11.5 Å². The first kappa shape index (κ1) is 9.89. The van der Waals surface area contributed by atoms with E-state index in [1.54, 1.807) is 13.0 Å². The highest BCUT2D eigenvalue weighted by molar-refractivity contribution is 6.26. The minimum Gasteiger partial charge on any atom is -0.454 e. The second-order valence-corrected chi connectivity index (χ2v) is 3.81. The Kier molecular flexibility index (Phi) is 2.11. The van der Waals surface area contributed by atoms with Gasteiger partial charge in [-0.1, -0.05) is 6.07 Å². The molecule has 0 unspecified atom stereocenters. The highest BCUT2D eigenvalue weighted by Gasteiger charge is 2.19. The van der Waals surface area contributed by atoms with Crippen LogP contribution in [0.4, 0.5) is 0 Å². The van der Waals surface area contributed by atoms with E-state index in [1.807, 2.05) is 18.2 Å². The van der Waals surface area contributed by atoms with Gasteiger partial charge in [0, 0.05) is 0 Å². The van der Waals surface area contributed by atoms with Crippen LogP contribution in [0.3, 0.4) is 0 Å². The number of nitrogens with zero attached hydrogens (tertiary/aromatic N) is 1. The number of ether oxygens (including phenoxy) is 2. The van der Waals surface area contributed by atoms with E-state index in [9.17, 15) is 4.79 Å². The Morgan fingerprint density at radius 2 is 2.18 bits per heavy atom. The molecule has 1 aromatic rings. The van der Waals surface area contributed by atoms with Crippen LogP contribution in [0.1, 0.15) is 12.5 Å². The van der Waals surface area contributed by atoms with Crippen molar-refractivity contribution in [2.75, 3.05) is 6.79 Å². The fraction of sp³-hybridized carbons (Fsp3) is 0.167. The molecule has 0 saturated heterocycles. The lowest BCUT2D eigenvalue weighted by Crippen LogP contribution is -2.12. The van der Waals surface area contributed by atoms with Crippen molar-refractivity contribution >= 4 is 17.7 Å². The number of carbonyl (C=O) groups excluding carboxylic acids is 1. The molecule has 3 rings (SSSR count). The Morgan fingerprint density at radius 3 is 2.94 bits per heavy atom. The van der Waals surface area contributed by atoms with Crippen molar-refractivity contribution in [1.82, 2.24) is 5.43 Å². The number of hydrogen-bond acceptors (Lipinski definition) is 4. The van der Waals surface area contributed by atoms with E-state index in [1.165, 1.54) is 0 Å². The highest BCUT2D eigenvalue weighted by atomic mass is 16.7. The van der Waals surface area contributed by atoms with Gasteiger partial charge in [0.25, 0.3) is 5.91 Å². The predicted octanol–water partition coefficient (Wildman–Crippen LogP) is 1.30. The van der Waals surface area contributed by atoms with E-state index in [4.69, 9.17) is 9.47 Å². The van der Waals surface area contributed by atoms with Crippen LogP contribution >= 0.6 is 0 Å². The molecule has 0 radical (unpaired) electrons. The molecule has 2 aliphatic heterocycles. The zero-order valence-corrected chi connectivity index (χ0v) is 9.19. The van der Waals surface area contributed by atoms with Crippen LogP contribution < -0.4 is 14.9 Å². The van der Waals surface area contributed by atoms with E-state index >= 15 is 0 Å². The van der Waals surface area contributed by atoms with Crippen molar-refractivity contribution in [3.63, 3.8) is 0 Å². The van der Waals surface area contributed by atoms with Crippen LogP contribution in [-0.2, 0) is 4.79 Å². The summed E-state index contributed by atoms with van der Waals surface area (Å²) in [5, 5.41) is 3.86. The highest BCUT2D eigenvalue weighted by Crippen LogP contribution is 2.33. The lowest BCUT2D eigenvalue weighted by atomic mass is 10.1. The fourth-order valence-electron chi connectivity index (χ4n) is 1.76. The molecule has 5 nitrogen and oxygen atoms in total. The summed E-state index contributed by atoms with van der Waals surface area (Å²) in [6, 6.07) is 5.54. The molecule has 86 valence electrons. The van der Waals surface area contributed by atoms with Crippen molar-refractivity contribution in [2.45, 2.75) is 6.92 Å². The smallest absolute Gasteiger partial charge is 0.273 e. The van der Waals surface area contributed by atoms with Crippen molar-refractivity contribution in [3.05, 3.63) is 29.3 Å². The van der Waals surface area contributed by atoms with Gasteiger partial charge in [0.2, 0.25) is 6.79 Å². The van der Waals surface area contributed by atoms with Crippen LogP contribution in [0.2, 0.25) is 0 Å². The number of rotatable bonds is 1. The molecule has 0 aliphatic carbocycles. The Hall–Kier alpha value is -2.30. The monoisotopic (exact) mass is 230 g/mol. The summed E-state index contributed by atoms with van der Waals surface area (Å²) in [5.41, 5.74) is 4.56. The van der Waals surface area contributed by atoms with Crippen molar-refractivity contribution in [2.24, 2.45) is 5.10 Å². The maximum absolute atomic E-state index is 11.5. The molecular weight excluding hydrogens is 220 g/mol. The Labute approximate surface area is 97.7 Å². The summed E-state index contributed by atoms with van der Waals surface area (Å²) in [6.45, 7) is 2.03. The quantitative estimate of drug-likeness (QED) is 0.740. The maximum atomic E-state index is 11.5. The van der Waals surface area contributed by atoms with E-state index in [2.05, 4.69) is 10.5 Å². The van der Waals surface area contributed by atoms with Crippen LogP contribution in [-0.4, -0.2) is 18.4 Å². The van der Waals surface area contributed by atoms with Gasteiger partial charge < -0.3 is 9.47 Å². The second kappa shape index (κ2) is 3.62. The van der Waals surface area contributed by atoms with Gasteiger partial charge in [-0.2, -0.15) is 5.10 Å². The molecule has 0 atom stereocenters. The van der Waals surface area contributed by atoms with Gasteiger partial charge >= 0.3 is 0 Å². The molecule has 2 heterocycles. The molecule has 1 aromatic carbocycles. The summed E-state index contributed by atoms with van der Waals surface area (Å²) >= 11 is 0. The topological polar surface area (TPSA) is 59.9 Å². The first-order chi connectivity index (χ1) is 8.24. The standard InChI is InChI=1S/C12H10N2O3/c1-7-9(12(15)14-13-7)4-8-2-3-10-11(5-8)17-6-16-10/h2-5H,6H2,1H3,(H,14,15)/b9-4+. The molecule has 1 N–H and O–H groups in total. The molecule has 0 spiro atoms. The molecule has 2 aliphatic rings. The molecule has 0 aromatic heterocycles. The number of amides is 1. The van der Waals surface area contributed by atoms with Gasteiger partial charge in [0.1, 0.15) is 0 Å². The number of carbonyl (C=O) groups is 1. The zero-order valence-electron chi connectivity index (χ0n) is 9.19. The molecule has 1 amide bonds. The van der Waals surface area contributed by atoms with Crippen LogP contribution in [0.15, 0.2) is 28.9 Å².